The summed E-state index contributed by atoms with van der Waals surface area (Å²) in [4.78, 5) is 18.8. The first-order chi connectivity index (χ1) is 16.5. The first kappa shape index (κ1) is 22.1. The number of halogens is 2. The molecule has 2 spiro atoms. The van der Waals surface area contributed by atoms with Crippen LogP contribution in [0.4, 0.5) is 14.9 Å². The number of hydrogen-bond acceptors (Lipinski definition) is 7. The third-order valence-electron chi connectivity index (χ3n) is 10.1. The van der Waals surface area contributed by atoms with Crippen molar-refractivity contribution >= 4 is 16.7 Å². The monoisotopic (exact) mass is 487 g/mol. The number of rotatable bonds is 4. The first-order valence-electron chi connectivity index (χ1n) is 13.1. The maximum Gasteiger partial charge on any atom is 0.319 e. The lowest BCUT2D eigenvalue weighted by atomic mass is 9.78. The van der Waals surface area contributed by atoms with Crippen LogP contribution in [0.2, 0.25) is 0 Å². The molecule has 2 aromatic rings. The van der Waals surface area contributed by atoms with Gasteiger partial charge in [-0.1, -0.05) is 0 Å². The van der Waals surface area contributed by atoms with E-state index in [1.807, 2.05) is 0 Å². The predicted octanol–water partition coefficient (Wildman–Crippen LogP) is 3.88. The lowest BCUT2D eigenvalue weighted by molar-refractivity contribution is 0.0640. The number of ether oxygens (including phenoxy) is 2. The van der Waals surface area contributed by atoms with Crippen molar-refractivity contribution in [2.75, 3.05) is 44.4 Å². The van der Waals surface area contributed by atoms with Gasteiger partial charge in [-0.25, -0.2) is 4.39 Å². The van der Waals surface area contributed by atoms with Gasteiger partial charge in [-0.2, -0.15) is 9.97 Å². The van der Waals surface area contributed by atoms with Gasteiger partial charge < -0.3 is 14.4 Å². The van der Waals surface area contributed by atoms with E-state index in [2.05, 4.69) is 19.8 Å². The molecule has 35 heavy (non-hydrogen) atoms. The topological polar surface area (TPSA) is 63.6 Å². The van der Waals surface area contributed by atoms with Crippen molar-refractivity contribution in [1.29, 1.82) is 0 Å². The molecular formula is C26H35F2N5O2. The van der Waals surface area contributed by atoms with E-state index in [0.717, 1.165) is 25.4 Å². The van der Waals surface area contributed by atoms with Crippen molar-refractivity contribution in [3.05, 3.63) is 17.7 Å². The number of nitrogens with zero attached hydrogens (tertiary/aromatic N) is 5. The molecule has 6 fully saturated rings. The molecule has 0 amide bonds. The van der Waals surface area contributed by atoms with Gasteiger partial charge in [0, 0.05) is 32.7 Å². The summed E-state index contributed by atoms with van der Waals surface area (Å²) in [7, 11) is 0. The van der Waals surface area contributed by atoms with Gasteiger partial charge in [0.1, 0.15) is 17.9 Å². The summed E-state index contributed by atoms with van der Waals surface area (Å²) in [5, 5.41) is 0.667. The van der Waals surface area contributed by atoms with Crippen molar-refractivity contribution in [2.45, 2.75) is 63.5 Å². The molecule has 3 saturated carbocycles. The molecular weight excluding hydrogens is 452 g/mol. The SMILES string of the molecule is Cc1ncc2c(N3CCOC[C@H]4C[C@H]43)nc(OCC34CC5(CC5)CN3CCC43CC3)nc2c1F.F.[HH]. The van der Waals surface area contributed by atoms with Gasteiger partial charge in [-0.3, -0.25) is 14.6 Å². The fourth-order valence-electron chi connectivity index (χ4n) is 7.61. The number of anilines is 1. The Bertz CT molecular complexity index is 1210. The summed E-state index contributed by atoms with van der Waals surface area (Å²) >= 11 is 0. The van der Waals surface area contributed by atoms with Crippen LogP contribution in [0.1, 0.15) is 52.1 Å². The van der Waals surface area contributed by atoms with Gasteiger partial charge in [-0.15, -0.1) is 0 Å². The summed E-state index contributed by atoms with van der Waals surface area (Å²) in [6, 6.07) is 0.698. The Hall–Kier alpha value is -2.13. The zero-order valence-corrected chi connectivity index (χ0v) is 20.3. The highest BCUT2D eigenvalue weighted by molar-refractivity contribution is 5.90. The third kappa shape index (κ3) is 3.09. The van der Waals surface area contributed by atoms with E-state index in [0.29, 0.717) is 58.6 Å². The maximum absolute atomic E-state index is 15.3. The average Bonchev–Trinajstić information content (AvgIpc) is 3.70. The molecule has 3 atom stereocenters. The number of fused-ring (bicyclic) bond motifs is 4. The molecule has 5 heterocycles. The Labute approximate surface area is 205 Å². The molecule has 8 rings (SSSR count). The van der Waals surface area contributed by atoms with E-state index in [1.165, 1.54) is 51.6 Å². The molecule has 1 unspecified atom stereocenters. The van der Waals surface area contributed by atoms with E-state index in [9.17, 15) is 0 Å². The van der Waals surface area contributed by atoms with Gasteiger partial charge in [-0.05, 0) is 69.2 Å². The highest BCUT2D eigenvalue weighted by Crippen LogP contribution is 2.72. The molecule has 190 valence electrons. The Morgan fingerprint density at radius 2 is 2.06 bits per heavy atom. The van der Waals surface area contributed by atoms with Crippen LogP contribution in [0.15, 0.2) is 6.20 Å². The molecule has 6 aliphatic rings. The van der Waals surface area contributed by atoms with E-state index in [4.69, 9.17) is 14.5 Å². The second-order valence-electron chi connectivity index (χ2n) is 12.0. The highest BCUT2D eigenvalue weighted by atomic mass is 19.1. The number of pyridine rings is 1. The van der Waals surface area contributed by atoms with Crippen LogP contribution in [-0.4, -0.2) is 70.9 Å². The van der Waals surface area contributed by atoms with E-state index >= 15 is 4.39 Å². The predicted molar refractivity (Wildman–Crippen MR) is 129 cm³/mol. The summed E-state index contributed by atoms with van der Waals surface area (Å²) < 4.78 is 27.5. The Kier molecular flexibility index (Phi) is 4.56. The van der Waals surface area contributed by atoms with Gasteiger partial charge in [0.05, 0.1) is 29.8 Å². The molecule has 2 aromatic heterocycles. The van der Waals surface area contributed by atoms with Crippen LogP contribution >= 0.6 is 0 Å². The van der Waals surface area contributed by atoms with Gasteiger partial charge in [0.25, 0.3) is 0 Å². The fourth-order valence-corrected chi connectivity index (χ4v) is 7.61. The average molecular weight is 488 g/mol. The standard InChI is InChI=1S/C26H32FN5O2.FH.H2/c1-16-20(27)21-18(11-28-16)22(32-8-9-33-12-17-10-19(17)32)30-23(29-21)34-15-26-13-24(2-3-24)14-31(26)7-6-25(26)4-5-25;;/h11,17,19H,2-10,12-15H2,1H3;2*1H/t17-,19-,26?;;/m1../s1. The van der Waals surface area contributed by atoms with Crippen LogP contribution in [0.5, 0.6) is 6.01 Å². The van der Waals surface area contributed by atoms with Crippen molar-refractivity contribution in [2.24, 2.45) is 16.7 Å². The minimum atomic E-state index is -0.374. The Balaban J connectivity index is 0.00000120. The van der Waals surface area contributed by atoms with Gasteiger partial charge in [0.15, 0.2) is 5.82 Å². The van der Waals surface area contributed by atoms with Crippen LogP contribution in [0.3, 0.4) is 0 Å². The van der Waals surface area contributed by atoms with Crippen LogP contribution < -0.4 is 9.64 Å². The number of hydrogen-bond donors (Lipinski definition) is 0. The lowest BCUT2D eigenvalue weighted by Crippen LogP contribution is -2.49. The summed E-state index contributed by atoms with van der Waals surface area (Å²) in [5.41, 5.74) is 1.72. The van der Waals surface area contributed by atoms with Gasteiger partial charge in [0.2, 0.25) is 0 Å². The second kappa shape index (κ2) is 7.22. The van der Waals surface area contributed by atoms with Crippen molar-refractivity contribution in [3.8, 4) is 6.01 Å². The number of aryl methyl sites for hydroxylation is 1. The normalized spacial score (nSPS) is 33.4. The number of aromatic nitrogens is 3. The molecule has 0 N–H and O–H groups in total. The molecule has 0 bridgehead atoms. The largest absolute Gasteiger partial charge is 0.461 e. The van der Waals surface area contributed by atoms with Crippen molar-refractivity contribution < 1.29 is 20.0 Å². The van der Waals surface area contributed by atoms with Crippen LogP contribution in [0.25, 0.3) is 10.9 Å². The van der Waals surface area contributed by atoms with E-state index in [-0.39, 0.29) is 17.5 Å². The Morgan fingerprint density at radius 1 is 1.20 bits per heavy atom. The van der Waals surface area contributed by atoms with Crippen molar-refractivity contribution in [1.82, 2.24) is 19.9 Å². The summed E-state index contributed by atoms with van der Waals surface area (Å²) in [6.07, 6.45) is 10.7. The second-order valence-corrected chi connectivity index (χ2v) is 12.0. The summed E-state index contributed by atoms with van der Waals surface area (Å²) in [6.45, 7) is 6.89. The van der Waals surface area contributed by atoms with Gasteiger partial charge >= 0.3 is 6.01 Å². The van der Waals surface area contributed by atoms with E-state index in [1.54, 1.807) is 13.1 Å². The molecule has 3 aliphatic heterocycles. The fraction of sp³-hybridized carbons (Fsp3) is 0.731. The smallest absolute Gasteiger partial charge is 0.319 e. The van der Waals surface area contributed by atoms with Crippen LogP contribution in [-0.2, 0) is 4.74 Å². The zero-order chi connectivity index (χ0) is 22.7. The maximum atomic E-state index is 15.3. The zero-order valence-electron chi connectivity index (χ0n) is 20.3. The third-order valence-corrected chi connectivity index (χ3v) is 10.1. The molecule has 3 saturated heterocycles. The highest BCUT2D eigenvalue weighted by Gasteiger charge is 2.72. The molecule has 3 aliphatic carbocycles. The summed E-state index contributed by atoms with van der Waals surface area (Å²) in [5.74, 6) is 0.895. The van der Waals surface area contributed by atoms with E-state index < -0.39 is 0 Å². The minimum Gasteiger partial charge on any atom is -0.461 e. The Morgan fingerprint density at radius 3 is 2.86 bits per heavy atom. The molecule has 9 heteroatoms. The molecule has 0 aromatic carbocycles. The minimum absolute atomic E-state index is 0. The van der Waals surface area contributed by atoms with Crippen LogP contribution in [0, 0.1) is 29.5 Å². The first-order valence-corrected chi connectivity index (χ1v) is 13.1. The molecule has 7 nitrogen and oxygen atoms in total. The quantitative estimate of drug-likeness (QED) is 0.649. The van der Waals surface area contributed by atoms with Crippen molar-refractivity contribution in [3.63, 3.8) is 0 Å². The lowest BCUT2D eigenvalue weighted by Gasteiger charge is -2.37. The molecule has 0 radical (unpaired) electrons.